The van der Waals surface area contributed by atoms with E-state index >= 15 is 0 Å². The molecule has 9 heteroatoms. The number of nitrogens with one attached hydrogen (secondary N) is 2. The number of H-pyrrole nitrogens is 1. The topological polar surface area (TPSA) is 102 Å². The number of carbonyl (C=O) groups is 1. The maximum absolute atomic E-state index is 12.5. The lowest BCUT2D eigenvalue weighted by molar-refractivity contribution is -0.116. The van der Waals surface area contributed by atoms with Gasteiger partial charge in [0.15, 0.2) is 5.82 Å². The minimum absolute atomic E-state index is 0.350. The van der Waals surface area contributed by atoms with E-state index in [2.05, 4.69) is 15.4 Å². The highest BCUT2D eigenvalue weighted by atomic mass is 32.2. The molecule has 1 aliphatic heterocycles. The molecule has 2 aromatic heterocycles. The fourth-order valence-electron chi connectivity index (χ4n) is 3.23. The number of hydrogen-bond acceptors (Lipinski definition) is 5. The summed E-state index contributed by atoms with van der Waals surface area (Å²) >= 11 is 1.94. The Kier molecular flexibility index (Phi) is 4.85. The number of carbonyl (C=O) groups excluding carboxylic acids is 1. The number of para-hydroxylation sites is 1. The van der Waals surface area contributed by atoms with E-state index in [0.29, 0.717) is 22.8 Å². The van der Waals surface area contributed by atoms with Crippen LogP contribution in [0.15, 0.2) is 46.1 Å². The zero-order chi connectivity index (χ0) is 18.8. The Bertz CT molecular complexity index is 1090. The Labute approximate surface area is 158 Å². The van der Waals surface area contributed by atoms with Crippen molar-refractivity contribution in [2.24, 2.45) is 0 Å². The van der Waals surface area contributed by atoms with Gasteiger partial charge in [-0.05, 0) is 36.5 Å². The van der Waals surface area contributed by atoms with Gasteiger partial charge in [0.2, 0.25) is 5.91 Å². The third kappa shape index (κ3) is 3.68. The number of aromatic nitrogens is 4. The fourth-order valence-corrected chi connectivity index (χ4v) is 4.31. The van der Waals surface area contributed by atoms with Gasteiger partial charge < -0.3 is 10.3 Å². The Hall–Kier alpha value is -2.81. The van der Waals surface area contributed by atoms with Crippen LogP contribution in [-0.4, -0.2) is 36.7 Å². The lowest BCUT2D eigenvalue weighted by atomic mass is 10.2. The zero-order valence-corrected chi connectivity index (χ0v) is 15.4. The second-order valence-electron chi connectivity index (χ2n) is 6.44. The third-order valence-corrected chi connectivity index (χ3v) is 5.68. The Morgan fingerprint density at radius 2 is 2.00 bits per heavy atom. The number of nitrogens with zero attached hydrogens (tertiary/aromatic N) is 3. The van der Waals surface area contributed by atoms with Gasteiger partial charge in [-0.3, -0.25) is 18.8 Å². The average molecular weight is 385 g/mol. The summed E-state index contributed by atoms with van der Waals surface area (Å²) in [5.41, 5.74) is -0.651. The molecule has 1 aromatic carbocycles. The molecule has 2 N–H and O–H groups in total. The Morgan fingerprint density at radius 1 is 1.22 bits per heavy atom. The highest BCUT2D eigenvalue weighted by molar-refractivity contribution is 7.99. The zero-order valence-electron chi connectivity index (χ0n) is 14.6. The number of thioether (sulfide) groups is 1. The summed E-state index contributed by atoms with van der Waals surface area (Å²) in [4.78, 5) is 39.6. The molecule has 0 aliphatic carbocycles. The molecule has 0 atom stereocenters. The molecule has 1 fully saturated rings. The summed E-state index contributed by atoms with van der Waals surface area (Å²) in [5.74, 6) is 2.17. The molecule has 3 aromatic rings. The van der Waals surface area contributed by atoms with Crippen molar-refractivity contribution in [3.63, 3.8) is 0 Å². The number of aromatic amines is 1. The second kappa shape index (κ2) is 7.43. The molecule has 1 aliphatic rings. The minimum atomic E-state index is -0.612. The fraction of sp³-hybridized carbons (Fsp3) is 0.333. The summed E-state index contributed by atoms with van der Waals surface area (Å²) in [6, 6.07) is 8.79. The van der Waals surface area contributed by atoms with Crippen molar-refractivity contribution in [2.75, 3.05) is 16.8 Å². The van der Waals surface area contributed by atoms with Crippen LogP contribution >= 0.6 is 11.8 Å². The van der Waals surface area contributed by atoms with Crippen LogP contribution in [0.4, 0.5) is 5.82 Å². The van der Waals surface area contributed by atoms with Crippen LogP contribution in [-0.2, 0) is 11.3 Å². The molecule has 0 radical (unpaired) electrons. The van der Waals surface area contributed by atoms with Crippen LogP contribution in [0.25, 0.3) is 10.9 Å². The second-order valence-corrected chi connectivity index (χ2v) is 7.66. The Morgan fingerprint density at radius 3 is 2.81 bits per heavy atom. The van der Waals surface area contributed by atoms with Gasteiger partial charge in [0.1, 0.15) is 6.54 Å². The van der Waals surface area contributed by atoms with Crippen molar-refractivity contribution in [3.05, 3.63) is 57.4 Å². The van der Waals surface area contributed by atoms with E-state index in [1.807, 2.05) is 22.6 Å². The van der Waals surface area contributed by atoms with Crippen molar-refractivity contribution in [1.82, 2.24) is 19.3 Å². The number of benzene rings is 1. The first kappa shape index (κ1) is 17.6. The summed E-state index contributed by atoms with van der Waals surface area (Å²) in [6.45, 7) is -0.369. The number of fused-ring (bicyclic) bond motifs is 1. The average Bonchev–Trinajstić information content (AvgIpc) is 3.14. The van der Waals surface area contributed by atoms with Gasteiger partial charge >= 0.3 is 5.69 Å². The first-order valence-corrected chi connectivity index (χ1v) is 9.92. The molecule has 8 nitrogen and oxygen atoms in total. The van der Waals surface area contributed by atoms with Gasteiger partial charge in [-0.25, -0.2) is 4.79 Å². The predicted octanol–water partition coefficient (Wildman–Crippen LogP) is 1.59. The Balaban J connectivity index is 1.50. The molecule has 1 amide bonds. The lowest BCUT2D eigenvalue weighted by Crippen LogP contribution is -2.38. The maximum atomic E-state index is 12.5. The van der Waals surface area contributed by atoms with Gasteiger partial charge in [0.25, 0.3) is 5.56 Å². The van der Waals surface area contributed by atoms with Crippen molar-refractivity contribution in [1.29, 1.82) is 0 Å². The monoisotopic (exact) mass is 385 g/mol. The van der Waals surface area contributed by atoms with Gasteiger partial charge in [0.05, 0.1) is 16.9 Å². The van der Waals surface area contributed by atoms with Crippen LogP contribution in [0.5, 0.6) is 0 Å². The van der Waals surface area contributed by atoms with Gasteiger partial charge in [0, 0.05) is 12.3 Å². The molecule has 0 unspecified atom stereocenters. The summed E-state index contributed by atoms with van der Waals surface area (Å²) in [7, 11) is 0. The van der Waals surface area contributed by atoms with E-state index in [-0.39, 0.29) is 6.54 Å². The normalized spacial score (nSPS) is 15.1. The SMILES string of the molecule is O=C(Cn1c(=O)[nH]c2ccccc2c1=O)Nc1ccn(C2CCSCC2)n1. The van der Waals surface area contributed by atoms with Crippen LogP contribution in [0, 0.1) is 0 Å². The molecular formula is C18H19N5O3S. The van der Waals surface area contributed by atoms with Gasteiger partial charge in [-0.15, -0.1) is 0 Å². The summed E-state index contributed by atoms with van der Waals surface area (Å²) in [5, 5.41) is 7.44. The number of amides is 1. The van der Waals surface area contributed by atoms with E-state index in [9.17, 15) is 14.4 Å². The summed E-state index contributed by atoms with van der Waals surface area (Å²) < 4.78 is 2.78. The quantitative estimate of drug-likeness (QED) is 0.710. The number of rotatable bonds is 4. The number of hydrogen-bond donors (Lipinski definition) is 2. The molecule has 140 valence electrons. The molecule has 0 spiro atoms. The molecule has 4 rings (SSSR count). The van der Waals surface area contributed by atoms with Crippen molar-refractivity contribution < 1.29 is 4.79 Å². The predicted molar refractivity (Wildman–Crippen MR) is 105 cm³/mol. The van der Waals surface area contributed by atoms with Crippen LogP contribution in [0.1, 0.15) is 18.9 Å². The van der Waals surface area contributed by atoms with Crippen LogP contribution in [0.3, 0.4) is 0 Å². The minimum Gasteiger partial charge on any atom is -0.308 e. The molecule has 0 saturated carbocycles. The summed E-state index contributed by atoms with van der Waals surface area (Å²) in [6.07, 6.45) is 3.97. The van der Waals surface area contributed by atoms with Gasteiger partial charge in [-0.1, -0.05) is 12.1 Å². The molecule has 0 bridgehead atoms. The van der Waals surface area contributed by atoms with Crippen molar-refractivity contribution in [3.8, 4) is 0 Å². The largest absolute Gasteiger partial charge is 0.329 e. The number of anilines is 1. The highest BCUT2D eigenvalue weighted by Gasteiger charge is 2.17. The van der Waals surface area contributed by atoms with Crippen LogP contribution in [0.2, 0.25) is 0 Å². The maximum Gasteiger partial charge on any atom is 0.329 e. The smallest absolute Gasteiger partial charge is 0.308 e. The van der Waals surface area contributed by atoms with Crippen molar-refractivity contribution >= 4 is 34.4 Å². The van der Waals surface area contributed by atoms with E-state index in [0.717, 1.165) is 28.9 Å². The molecular weight excluding hydrogens is 366 g/mol. The van der Waals surface area contributed by atoms with Gasteiger partial charge in [-0.2, -0.15) is 16.9 Å². The highest BCUT2D eigenvalue weighted by Crippen LogP contribution is 2.26. The first-order valence-electron chi connectivity index (χ1n) is 8.76. The van der Waals surface area contributed by atoms with E-state index < -0.39 is 17.2 Å². The third-order valence-electron chi connectivity index (χ3n) is 4.63. The van der Waals surface area contributed by atoms with Crippen LogP contribution < -0.4 is 16.6 Å². The van der Waals surface area contributed by atoms with Crippen molar-refractivity contribution in [2.45, 2.75) is 25.4 Å². The first-order chi connectivity index (χ1) is 13.1. The lowest BCUT2D eigenvalue weighted by Gasteiger charge is -2.21. The molecule has 27 heavy (non-hydrogen) atoms. The molecule has 1 saturated heterocycles. The molecule has 3 heterocycles. The van der Waals surface area contributed by atoms with E-state index in [1.165, 1.54) is 0 Å². The standard InChI is InChI=1S/C18H19N5O3S/c24-16(20-15-5-8-23(21-15)12-6-9-27-10-7-12)11-22-17(25)13-3-1-2-4-14(13)19-18(22)26/h1-5,8,12H,6-7,9-11H2,(H,19,26)(H,20,21,24). The van der Waals surface area contributed by atoms with E-state index in [4.69, 9.17) is 0 Å². The van der Waals surface area contributed by atoms with E-state index in [1.54, 1.807) is 30.3 Å².